The molecule has 2 unspecified atom stereocenters. The van der Waals surface area contributed by atoms with Crippen LogP contribution in [0.2, 0.25) is 0 Å². The van der Waals surface area contributed by atoms with E-state index in [4.69, 9.17) is 0 Å². The maximum Gasteiger partial charge on any atom is 0.268 e. The Morgan fingerprint density at radius 2 is 2.21 bits per heavy atom. The van der Waals surface area contributed by atoms with Gasteiger partial charge in [0, 0.05) is 23.9 Å². The lowest BCUT2D eigenvalue weighted by Gasteiger charge is -2.15. The summed E-state index contributed by atoms with van der Waals surface area (Å²) in [6.07, 6.45) is 6.22. The molecule has 3 N–H and O–H groups in total. The second kappa shape index (κ2) is 6.24. The van der Waals surface area contributed by atoms with Gasteiger partial charge in [0.1, 0.15) is 11.5 Å². The number of allylic oxidation sites excluding steroid dienone is 2. The molecule has 4 nitrogen and oxygen atoms in total. The highest BCUT2D eigenvalue weighted by Gasteiger charge is 2.19. The predicted octanol–water partition coefficient (Wildman–Crippen LogP) is 3.16. The zero-order valence-corrected chi connectivity index (χ0v) is 13.3. The second-order valence-electron chi connectivity index (χ2n) is 6.50. The number of aromatic nitrogens is 1. The van der Waals surface area contributed by atoms with Gasteiger partial charge in [0.25, 0.3) is 5.91 Å². The second-order valence-corrected chi connectivity index (χ2v) is 6.50. The van der Waals surface area contributed by atoms with Crippen LogP contribution in [0.1, 0.15) is 34.8 Å². The zero-order chi connectivity index (χ0) is 16.5. The molecule has 2 heterocycles. The van der Waals surface area contributed by atoms with E-state index >= 15 is 0 Å². The minimum atomic E-state index is -0.297. The highest BCUT2D eigenvalue weighted by Crippen LogP contribution is 2.26. The molecular formula is C19H20FN3O. The van der Waals surface area contributed by atoms with Gasteiger partial charge in [-0.25, -0.2) is 4.39 Å². The smallest absolute Gasteiger partial charge is 0.268 e. The Balaban J connectivity index is 1.52. The molecule has 2 aliphatic rings. The summed E-state index contributed by atoms with van der Waals surface area (Å²) in [5, 5.41) is 7.26. The monoisotopic (exact) mass is 325 g/mol. The molecule has 2 atom stereocenters. The first-order chi connectivity index (χ1) is 11.7. The van der Waals surface area contributed by atoms with Gasteiger partial charge in [-0.3, -0.25) is 4.79 Å². The molecule has 0 spiro atoms. The molecule has 0 saturated carbocycles. The van der Waals surface area contributed by atoms with Gasteiger partial charge in [-0.1, -0.05) is 18.2 Å². The Labute approximate surface area is 139 Å². The van der Waals surface area contributed by atoms with Crippen LogP contribution in [-0.4, -0.2) is 30.0 Å². The maximum absolute atomic E-state index is 13.3. The van der Waals surface area contributed by atoms with Crippen molar-refractivity contribution in [3.05, 3.63) is 59.6 Å². The van der Waals surface area contributed by atoms with Crippen molar-refractivity contribution in [2.75, 3.05) is 13.1 Å². The number of hydrogen-bond acceptors (Lipinski definition) is 2. The van der Waals surface area contributed by atoms with Gasteiger partial charge in [-0.2, -0.15) is 0 Å². The summed E-state index contributed by atoms with van der Waals surface area (Å²) in [7, 11) is 0. The van der Waals surface area contributed by atoms with E-state index in [-0.39, 0.29) is 24.2 Å². The number of rotatable bonds is 3. The zero-order valence-electron chi connectivity index (χ0n) is 13.3. The third kappa shape index (κ3) is 2.99. The standard InChI is InChI=1S/C19H20FN3O/c20-15-2-1-3-16(10-15)22-19(24)18-9-14-8-12(4-5-17(14)23-18)13-6-7-21-11-13/h1-5,8-9,13,16,21,23H,6-7,10-11H2,(H,22,24). The lowest BCUT2D eigenvalue weighted by Crippen LogP contribution is -2.34. The first-order valence-electron chi connectivity index (χ1n) is 8.36. The average Bonchev–Trinajstić information content (AvgIpc) is 3.23. The highest BCUT2D eigenvalue weighted by atomic mass is 19.1. The van der Waals surface area contributed by atoms with Crippen molar-refractivity contribution in [1.29, 1.82) is 0 Å². The average molecular weight is 325 g/mol. The number of carbonyl (C=O) groups excluding carboxylic acids is 1. The van der Waals surface area contributed by atoms with E-state index in [2.05, 4.69) is 27.8 Å². The van der Waals surface area contributed by atoms with Gasteiger partial charge >= 0.3 is 0 Å². The maximum atomic E-state index is 13.3. The molecule has 1 aliphatic heterocycles. The minimum absolute atomic E-state index is 0.209. The number of aromatic amines is 1. The van der Waals surface area contributed by atoms with E-state index in [1.54, 1.807) is 12.2 Å². The normalized spacial score (nSPS) is 23.5. The van der Waals surface area contributed by atoms with E-state index in [1.807, 2.05) is 12.1 Å². The molecule has 2 aromatic rings. The number of halogens is 1. The number of carbonyl (C=O) groups is 1. The van der Waals surface area contributed by atoms with E-state index < -0.39 is 0 Å². The molecule has 1 aromatic heterocycles. The van der Waals surface area contributed by atoms with Crippen LogP contribution in [-0.2, 0) is 0 Å². The van der Waals surface area contributed by atoms with Crippen LogP contribution in [0.4, 0.5) is 4.39 Å². The Hall–Kier alpha value is -2.40. The number of benzene rings is 1. The van der Waals surface area contributed by atoms with Crippen molar-refractivity contribution in [3.63, 3.8) is 0 Å². The third-order valence-corrected chi connectivity index (χ3v) is 4.77. The van der Waals surface area contributed by atoms with Crippen LogP contribution < -0.4 is 10.6 Å². The molecule has 1 saturated heterocycles. The van der Waals surface area contributed by atoms with Crippen molar-refractivity contribution in [2.24, 2.45) is 0 Å². The summed E-state index contributed by atoms with van der Waals surface area (Å²) in [5.74, 6) is 0.123. The largest absolute Gasteiger partial charge is 0.351 e. The number of H-pyrrole nitrogens is 1. The molecule has 24 heavy (non-hydrogen) atoms. The predicted molar refractivity (Wildman–Crippen MR) is 92.7 cm³/mol. The van der Waals surface area contributed by atoms with E-state index in [0.29, 0.717) is 11.6 Å². The third-order valence-electron chi connectivity index (χ3n) is 4.77. The minimum Gasteiger partial charge on any atom is -0.351 e. The van der Waals surface area contributed by atoms with Gasteiger partial charge in [-0.05, 0) is 48.7 Å². The summed E-state index contributed by atoms with van der Waals surface area (Å²) in [4.78, 5) is 15.6. The molecule has 1 amide bonds. The van der Waals surface area contributed by atoms with Crippen LogP contribution in [0.25, 0.3) is 10.9 Å². The molecule has 0 bridgehead atoms. The molecule has 1 aromatic carbocycles. The summed E-state index contributed by atoms with van der Waals surface area (Å²) >= 11 is 0. The summed E-state index contributed by atoms with van der Waals surface area (Å²) in [6, 6.07) is 7.89. The quantitative estimate of drug-likeness (QED) is 0.812. The topological polar surface area (TPSA) is 56.9 Å². The van der Waals surface area contributed by atoms with E-state index in [9.17, 15) is 9.18 Å². The van der Waals surface area contributed by atoms with Crippen LogP contribution in [0, 0.1) is 0 Å². The number of hydrogen-bond donors (Lipinski definition) is 3. The summed E-state index contributed by atoms with van der Waals surface area (Å²) < 4.78 is 13.3. The van der Waals surface area contributed by atoms with Gasteiger partial charge in [0.05, 0.1) is 6.04 Å². The first kappa shape index (κ1) is 15.1. The van der Waals surface area contributed by atoms with Gasteiger partial charge in [0.15, 0.2) is 0 Å². The molecule has 5 heteroatoms. The molecule has 1 aliphatic carbocycles. The number of amides is 1. The van der Waals surface area contributed by atoms with Crippen LogP contribution in [0.15, 0.2) is 48.3 Å². The van der Waals surface area contributed by atoms with Crippen molar-refractivity contribution in [3.8, 4) is 0 Å². The lowest BCUT2D eigenvalue weighted by molar-refractivity contribution is 0.0939. The number of fused-ring (bicyclic) bond motifs is 1. The van der Waals surface area contributed by atoms with Gasteiger partial charge < -0.3 is 15.6 Å². The van der Waals surface area contributed by atoms with Crippen molar-refractivity contribution < 1.29 is 9.18 Å². The first-order valence-corrected chi connectivity index (χ1v) is 8.36. The summed E-state index contributed by atoms with van der Waals surface area (Å²) in [5.41, 5.74) is 2.76. The lowest BCUT2D eigenvalue weighted by atomic mass is 9.97. The fraction of sp³-hybridized carbons (Fsp3) is 0.316. The van der Waals surface area contributed by atoms with Crippen LogP contribution >= 0.6 is 0 Å². The van der Waals surface area contributed by atoms with Crippen molar-refractivity contribution in [2.45, 2.75) is 24.8 Å². The Bertz CT molecular complexity index is 830. The molecule has 124 valence electrons. The number of nitrogens with one attached hydrogen (secondary N) is 3. The Morgan fingerprint density at radius 1 is 1.29 bits per heavy atom. The van der Waals surface area contributed by atoms with Crippen LogP contribution in [0.3, 0.4) is 0 Å². The molecule has 4 rings (SSSR count). The summed E-state index contributed by atoms with van der Waals surface area (Å²) in [6.45, 7) is 2.07. The molecule has 1 fully saturated rings. The fourth-order valence-electron chi connectivity index (χ4n) is 3.45. The SMILES string of the molecule is O=C(NC1C=CC=C(F)C1)c1cc2cc(C3CCNC3)ccc2[nH]1. The molecule has 0 radical (unpaired) electrons. The van der Waals surface area contributed by atoms with Crippen molar-refractivity contribution >= 4 is 16.8 Å². The van der Waals surface area contributed by atoms with Crippen LogP contribution in [0.5, 0.6) is 0 Å². The Morgan fingerprint density at radius 3 is 3.00 bits per heavy atom. The molecular weight excluding hydrogens is 305 g/mol. The van der Waals surface area contributed by atoms with Crippen molar-refractivity contribution in [1.82, 2.24) is 15.6 Å². The fourth-order valence-corrected chi connectivity index (χ4v) is 3.45. The van der Waals surface area contributed by atoms with Gasteiger partial charge in [0.2, 0.25) is 0 Å². The van der Waals surface area contributed by atoms with E-state index in [1.165, 1.54) is 11.6 Å². The van der Waals surface area contributed by atoms with Gasteiger partial charge in [-0.15, -0.1) is 0 Å². The Kier molecular flexibility index (Phi) is 3.94. The van der Waals surface area contributed by atoms with E-state index in [0.717, 1.165) is 30.4 Å². The highest BCUT2D eigenvalue weighted by molar-refractivity contribution is 5.98.